The lowest BCUT2D eigenvalue weighted by molar-refractivity contribution is 0.555. The molecule has 2 nitrogen and oxygen atoms in total. The summed E-state index contributed by atoms with van der Waals surface area (Å²) in [5, 5.41) is 1.26. The van der Waals surface area contributed by atoms with Gasteiger partial charge in [0.15, 0.2) is 0 Å². The van der Waals surface area contributed by atoms with Crippen LogP contribution in [0.15, 0.2) is 30.5 Å². The van der Waals surface area contributed by atoms with E-state index in [1.807, 2.05) is 13.8 Å². The Bertz CT molecular complexity index is 461. The van der Waals surface area contributed by atoms with Crippen LogP contribution in [0.25, 0.3) is 10.9 Å². The zero-order chi connectivity index (χ0) is 10.3. The Hall–Kier alpha value is -1.28. The predicted octanol–water partition coefficient (Wildman–Crippen LogP) is 2.37. The van der Waals surface area contributed by atoms with Gasteiger partial charge < -0.3 is 10.3 Å². The zero-order valence-electron chi connectivity index (χ0n) is 8.91. The highest BCUT2D eigenvalue weighted by Crippen LogP contribution is 2.22. The van der Waals surface area contributed by atoms with Crippen molar-refractivity contribution in [1.82, 2.24) is 4.57 Å². The van der Waals surface area contributed by atoms with Gasteiger partial charge in [-0.25, -0.2) is 0 Å². The van der Waals surface area contributed by atoms with Crippen molar-refractivity contribution in [3.05, 3.63) is 36.0 Å². The van der Waals surface area contributed by atoms with Crippen LogP contribution in [0.5, 0.6) is 0 Å². The van der Waals surface area contributed by atoms with E-state index in [1.54, 1.807) is 0 Å². The van der Waals surface area contributed by atoms with Gasteiger partial charge in [-0.3, -0.25) is 0 Å². The summed E-state index contributed by atoms with van der Waals surface area (Å²) in [6.07, 6.45) is 2.07. The van der Waals surface area contributed by atoms with Crippen molar-refractivity contribution in [2.45, 2.75) is 19.4 Å². The average Bonchev–Trinajstić information content (AvgIpc) is 2.46. The molecule has 2 N–H and O–H groups in total. The van der Waals surface area contributed by atoms with Crippen LogP contribution in [0.2, 0.25) is 0 Å². The van der Waals surface area contributed by atoms with Crippen LogP contribution in [-0.4, -0.2) is 4.57 Å². The van der Waals surface area contributed by atoms with Crippen molar-refractivity contribution in [3.63, 3.8) is 0 Å². The summed E-state index contributed by atoms with van der Waals surface area (Å²) in [6, 6.07) is 8.50. The number of nitrogens with two attached hydrogens (primary N) is 1. The molecule has 0 saturated heterocycles. The number of hydrogen-bond acceptors (Lipinski definition) is 1. The third kappa shape index (κ3) is 1.42. The van der Waals surface area contributed by atoms with Gasteiger partial charge in [0, 0.05) is 24.3 Å². The maximum Gasteiger partial charge on any atom is 0.0481 e. The summed E-state index contributed by atoms with van der Waals surface area (Å²) in [5.41, 5.74) is 8.20. The highest BCUT2D eigenvalue weighted by molar-refractivity contribution is 5.80. The standard InChI is InChI=1S/C12H16N2/c1-12(2,13)10-5-4-9-6-7-14(3)11(9)8-10/h4-8H,13H2,1-3H3. The summed E-state index contributed by atoms with van der Waals surface area (Å²) >= 11 is 0. The quantitative estimate of drug-likeness (QED) is 0.731. The Morgan fingerprint density at radius 3 is 2.57 bits per heavy atom. The Kier molecular flexibility index (Phi) is 1.89. The Morgan fingerprint density at radius 1 is 1.21 bits per heavy atom. The zero-order valence-corrected chi connectivity index (χ0v) is 8.91. The number of fused-ring (bicyclic) bond motifs is 1. The molecule has 0 unspecified atom stereocenters. The fourth-order valence-electron chi connectivity index (χ4n) is 1.66. The van der Waals surface area contributed by atoms with Gasteiger partial charge in [0.25, 0.3) is 0 Å². The molecular formula is C12H16N2. The van der Waals surface area contributed by atoms with Crippen molar-refractivity contribution in [1.29, 1.82) is 0 Å². The molecule has 0 spiro atoms. The number of rotatable bonds is 1. The van der Waals surface area contributed by atoms with E-state index >= 15 is 0 Å². The summed E-state index contributed by atoms with van der Waals surface area (Å²) in [5.74, 6) is 0. The number of benzene rings is 1. The Balaban J connectivity index is 2.66. The molecule has 0 amide bonds. The van der Waals surface area contributed by atoms with E-state index in [0.717, 1.165) is 0 Å². The minimum Gasteiger partial charge on any atom is -0.351 e. The second-order valence-electron chi connectivity index (χ2n) is 4.42. The molecule has 0 fully saturated rings. The van der Waals surface area contributed by atoms with E-state index in [-0.39, 0.29) is 5.54 Å². The lowest BCUT2D eigenvalue weighted by Gasteiger charge is -2.19. The van der Waals surface area contributed by atoms with Crippen LogP contribution in [0, 0.1) is 0 Å². The fourth-order valence-corrected chi connectivity index (χ4v) is 1.66. The predicted molar refractivity (Wildman–Crippen MR) is 60.1 cm³/mol. The maximum atomic E-state index is 6.06. The SMILES string of the molecule is Cn1ccc2ccc(C(C)(C)N)cc21. The second kappa shape index (κ2) is 2.85. The average molecular weight is 188 g/mol. The van der Waals surface area contributed by atoms with Gasteiger partial charge in [0.1, 0.15) is 0 Å². The first kappa shape index (κ1) is 9.28. The van der Waals surface area contributed by atoms with Gasteiger partial charge in [-0.15, -0.1) is 0 Å². The summed E-state index contributed by atoms with van der Waals surface area (Å²) in [7, 11) is 2.05. The van der Waals surface area contributed by atoms with E-state index in [9.17, 15) is 0 Å². The van der Waals surface area contributed by atoms with Crippen molar-refractivity contribution < 1.29 is 0 Å². The van der Waals surface area contributed by atoms with Crippen LogP contribution in [0.3, 0.4) is 0 Å². The molecule has 1 aromatic heterocycles. The fraction of sp³-hybridized carbons (Fsp3) is 0.333. The molecule has 2 heteroatoms. The van der Waals surface area contributed by atoms with E-state index in [4.69, 9.17) is 5.73 Å². The maximum absolute atomic E-state index is 6.06. The highest BCUT2D eigenvalue weighted by atomic mass is 14.9. The first-order chi connectivity index (χ1) is 6.48. The van der Waals surface area contributed by atoms with Gasteiger partial charge >= 0.3 is 0 Å². The molecule has 0 saturated carbocycles. The van der Waals surface area contributed by atoms with Crippen molar-refractivity contribution in [2.24, 2.45) is 12.8 Å². The second-order valence-corrected chi connectivity index (χ2v) is 4.42. The first-order valence-corrected chi connectivity index (χ1v) is 4.83. The van der Waals surface area contributed by atoms with Crippen molar-refractivity contribution >= 4 is 10.9 Å². The van der Waals surface area contributed by atoms with Crippen LogP contribution in [-0.2, 0) is 12.6 Å². The summed E-state index contributed by atoms with van der Waals surface area (Å²) in [6.45, 7) is 4.05. The van der Waals surface area contributed by atoms with Gasteiger partial charge in [-0.05, 0) is 36.9 Å². The molecule has 1 aromatic carbocycles. The third-order valence-electron chi connectivity index (χ3n) is 2.63. The summed E-state index contributed by atoms with van der Waals surface area (Å²) in [4.78, 5) is 0. The smallest absolute Gasteiger partial charge is 0.0481 e. The summed E-state index contributed by atoms with van der Waals surface area (Å²) < 4.78 is 2.12. The van der Waals surface area contributed by atoms with Crippen molar-refractivity contribution in [3.8, 4) is 0 Å². The Labute approximate surface area is 84.3 Å². The van der Waals surface area contributed by atoms with E-state index in [2.05, 4.69) is 42.1 Å². The molecule has 0 atom stereocenters. The molecule has 2 rings (SSSR count). The molecule has 0 aliphatic heterocycles. The Morgan fingerprint density at radius 2 is 1.93 bits per heavy atom. The molecule has 1 heterocycles. The van der Waals surface area contributed by atoms with Crippen molar-refractivity contribution in [2.75, 3.05) is 0 Å². The number of aryl methyl sites for hydroxylation is 1. The molecule has 2 aromatic rings. The van der Waals surface area contributed by atoms with Crippen LogP contribution >= 0.6 is 0 Å². The molecule has 74 valence electrons. The molecule has 0 bridgehead atoms. The first-order valence-electron chi connectivity index (χ1n) is 4.83. The van der Waals surface area contributed by atoms with E-state index < -0.39 is 0 Å². The number of aromatic nitrogens is 1. The van der Waals surface area contributed by atoms with Crippen LogP contribution < -0.4 is 5.73 Å². The third-order valence-corrected chi connectivity index (χ3v) is 2.63. The minimum absolute atomic E-state index is 0.265. The largest absolute Gasteiger partial charge is 0.351 e. The number of hydrogen-bond donors (Lipinski definition) is 1. The molecule has 0 radical (unpaired) electrons. The van der Waals surface area contributed by atoms with E-state index in [0.29, 0.717) is 0 Å². The van der Waals surface area contributed by atoms with Gasteiger partial charge in [0.05, 0.1) is 0 Å². The monoisotopic (exact) mass is 188 g/mol. The molecule has 14 heavy (non-hydrogen) atoms. The minimum atomic E-state index is -0.265. The normalized spacial score (nSPS) is 12.3. The molecule has 0 aliphatic carbocycles. The highest BCUT2D eigenvalue weighted by Gasteiger charge is 2.14. The molecular weight excluding hydrogens is 172 g/mol. The van der Waals surface area contributed by atoms with Gasteiger partial charge in [-0.1, -0.05) is 12.1 Å². The van der Waals surface area contributed by atoms with Gasteiger partial charge in [0.2, 0.25) is 0 Å². The van der Waals surface area contributed by atoms with Crippen LogP contribution in [0.1, 0.15) is 19.4 Å². The lowest BCUT2D eigenvalue weighted by Crippen LogP contribution is -2.28. The topological polar surface area (TPSA) is 30.9 Å². The molecule has 0 aliphatic rings. The van der Waals surface area contributed by atoms with Gasteiger partial charge in [-0.2, -0.15) is 0 Å². The van der Waals surface area contributed by atoms with Crippen LogP contribution in [0.4, 0.5) is 0 Å². The lowest BCUT2D eigenvalue weighted by atomic mass is 9.95. The van der Waals surface area contributed by atoms with E-state index in [1.165, 1.54) is 16.5 Å². The number of nitrogens with zero attached hydrogens (tertiary/aromatic N) is 1.